The first-order chi connectivity index (χ1) is 14.5. The van der Waals surface area contributed by atoms with E-state index in [4.69, 9.17) is 4.74 Å². The Balaban J connectivity index is 1.52. The second kappa shape index (κ2) is 7.98. The molecule has 1 aliphatic rings. The van der Waals surface area contributed by atoms with E-state index in [2.05, 4.69) is 16.0 Å². The predicted molar refractivity (Wildman–Crippen MR) is 114 cm³/mol. The first-order valence-corrected chi connectivity index (χ1v) is 9.71. The third-order valence-electron chi connectivity index (χ3n) is 5.36. The molecule has 8 heteroatoms. The molecule has 0 radical (unpaired) electrons. The molecule has 154 valence electrons. The second-order valence-electron chi connectivity index (χ2n) is 7.22. The fourth-order valence-electron chi connectivity index (χ4n) is 3.81. The lowest BCUT2D eigenvalue weighted by molar-refractivity contribution is -0.384. The van der Waals surface area contributed by atoms with E-state index >= 15 is 0 Å². The molecular formula is C22H22N4O4. The minimum Gasteiger partial charge on any atom is -0.494 e. The molecule has 0 unspecified atom stereocenters. The van der Waals surface area contributed by atoms with Gasteiger partial charge in [0.05, 0.1) is 12.0 Å². The number of aromatic nitrogens is 1. The molecule has 1 aromatic heterocycles. The Morgan fingerprint density at radius 2 is 1.80 bits per heavy atom. The topological polar surface area (TPSA) is 88.8 Å². The van der Waals surface area contributed by atoms with Gasteiger partial charge in [0.2, 0.25) is 0 Å². The lowest BCUT2D eigenvalue weighted by Gasteiger charge is -2.36. The van der Waals surface area contributed by atoms with Crippen molar-refractivity contribution in [3.63, 3.8) is 0 Å². The van der Waals surface area contributed by atoms with E-state index in [1.165, 1.54) is 24.3 Å². The van der Waals surface area contributed by atoms with Gasteiger partial charge in [-0.25, -0.2) is 4.98 Å². The van der Waals surface area contributed by atoms with E-state index in [1.54, 1.807) is 12.0 Å². The maximum Gasteiger partial charge on any atom is 0.269 e. The van der Waals surface area contributed by atoms with Crippen molar-refractivity contribution in [1.82, 2.24) is 9.88 Å². The number of benzene rings is 2. The van der Waals surface area contributed by atoms with Crippen molar-refractivity contribution < 1.29 is 14.5 Å². The molecule has 0 atom stereocenters. The van der Waals surface area contributed by atoms with Gasteiger partial charge in [-0.2, -0.15) is 0 Å². The molecule has 1 aliphatic heterocycles. The van der Waals surface area contributed by atoms with E-state index < -0.39 is 4.92 Å². The monoisotopic (exact) mass is 406 g/mol. The zero-order valence-corrected chi connectivity index (χ0v) is 16.9. The summed E-state index contributed by atoms with van der Waals surface area (Å²) in [5.74, 6) is 0.631. The molecule has 2 heterocycles. The van der Waals surface area contributed by atoms with Crippen LogP contribution in [0.15, 0.2) is 48.5 Å². The third-order valence-corrected chi connectivity index (χ3v) is 5.36. The van der Waals surface area contributed by atoms with Crippen molar-refractivity contribution in [2.75, 3.05) is 38.2 Å². The Labute approximate surface area is 173 Å². The van der Waals surface area contributed by atoms with E-state index in [1.807, 2.05) is 25.1 Å². The first-order valence-electron chi connectivity index (χ1n) is 9.71. The SMILES string of the molecule is COc1cccc2c(N3CCN(C(=O)c4ccc([N+](=O)[O-])cc4)CC3)cc(C)nc12. The number of fused-ring (bicyclic) bond motifs is 1. The summed E-state index contributed by atoms with van der Waals surface area (Å²) >= 11 is 0. The zero-order chi connectivity index (χ0) is 21.3. The quantitative estimate of drug-likeness (QED) is 0.487. The molecule has 0 saturated carbocycles. The van der Waals surface area contributed by atoms with Crippen molar-refractivity contribution >= 4 is 28.2 Å². The van der Waals surface area contributed by atoms with Crippen LogP contribution in [0.1, 0.15) is 16.1 Å². The van der Waals surface area contributed by atoms with Crippen LogP contribution in [-0.2, 0) is 0 Å². The normalized spacial score (nSPS) is 14.1. The summed E-state index contributed by atoms with van der Waals surface area (Å²) in [6.45, 7) is 4.48. The Hall–Kier alpha value is -3.68. The lowest BCUT2D eigenvalue weighted by atomic mass is 10.1. The van der Waals surface area contributed by atoms with Gasteiger partial charge >= 0.3 is 0 Å². The van der Waals surface area contributed by atoms with Crippen LogP contribution < -0.4 is 9.64 Å². The number of nitro benzene ring substituents is 1. The van der Waals surface area contributed by atoms with E-state index in [0.29, 0.717) is 31.7 Å². The highest BCUT2D eigenvalue weighted by atomic mass is 16.6. The van der Waals surface area contributed by atoms with Crippen LogP contribution in [0.2, 0.25) is 0 Å². The summed E-state index contributed by atoms with van der Waals surface area (Å²) < 4.78 is 5.47. The number of hydrogen-bond acceptors (Lipinski definition) is 6. The number of methoxy groups -OCH3 is 1. The van der Waals surface area contributed by atoms with Gasteiger partial charge in [0, 0.05) is 60.6 Å². The number of non-ortho nitro benzene ring substituents is 1. The zero-order valence-electron chi connectivity index (χ0n) is 16.9. The number of pyridine rings is 1. The fraction of sp³-hybridized carbons (Fsp3) is 0.273. The van der Waals surface area contributed by atoms with Gasteiger partial charge < -0.3 is 14.5 Å². The molecular weight excluding hydrogens is 384 g/mol. The molecule has 0 bridgehead atoms. The molecule has 3 aromatic rings. The van der Waals surface area contributed by atoms with Crippen molar-refractivity contribution in [1.29, 1.82) is 0 Å². The largest absolute Gasteiger partial charge is 0.494 e. The van der Waals surface area contributed by atoms with E-state index in [0.717, 1.165) is 28.0 Å². The molecule has 1 saturated heterocycles. The molecule has 8 nitrogen and oxygen atoms in total. The van der Waals surface area contributed by atoms with Crippen LogP contribution in [-0.4, -0.2) is 54.0 Å². The van der Waals surface area contributed by atoms with Crippen LogP contribution in [0.25, 0.3) is 10.9 Å². The number of hydrogen-bond donors (Lipinski definition) is 0. The highest BCUT2D eigenvalue weighted by Crippen LogP contribution is 2.32. The Morgan fingerprint density at radius 1 is 1.10 bits per heavy atom. The number of carbonyl (C=O) groups excluding carboxylic acids is 1. The van der Waals surface area contributed by atoms with Crippen LogP contribution >= 0.6 is 0 Å². The van der Waals surface area contributed by atoms with Crippen molar-refractivity contribution in [3.8, 4) is 5.75 Å². The predicted octanol–water partition coefficient (Wildman–Crippen LogP) is 3.42. The van der Waals surface area contributed by atoms with E-state index in [9.17, 15) is 14.9 Å². The average molecular weight is 406 g/mol. The number of rotatable bonds is 4. The summed E-state index contributed by atoms with van der Waals surface area (Å²) in [5.41, 5.74) is 3.26. The Kier molecular flexibility index (Phi) is 5.22. The molecule has 0 spiro atoms. The van der Waals surface area contributed by atoms with E-state index in [-0.39, 0.29) is 11.6 Å². The highest BCUT2D eigenvalue weighted by Gasteiger charge is 2.24. The Bertz CT molecular complexity index is 1110. The number of amides is 1. The van der Waals surface area contributed by atoms with Crippen molar-refractivity contribution in [3.05, 3.63) is 69.9 Å². The summed E-state index contributed by atoms with van der Waals surface area (Å²) in [6, 6.07) is 13.7. The van der Waals surface area contributed by atoms with Gasteiger partial charge in [0.25, 0.3) is 11.6 Å². The summed E-state index contributed by atoms with van der Waals surface area (Å²) in [5, 5.41) is 11.8. The minimum absolute atomic E-state index is 0.0215. The van der Waals surface area contributed by atoms with Crippen LogP contribution in [0.5, 0.6) is 5.75 Å². The summed E-state index contributed by atoms with van der Waals surface area (Å²) in [4.78, 5) is 31.8. The third kappa shape index (κ3) is 3.63. The van der Waals surface area contributed by atoms with Gasteiger partial charge in [-0.15, -0.1) is 0 Å². The second-order valence-corrected chi connectivity index (χ2v) is 7.22. The number of carbonyl (C=O) groups is 1. The smallest absolute Gasteiger partial charge is 0.269 e. The molecule has 1 amide bonds. The molecule has 0 N–H and O–H groups in total. The molecule has 4 rings (SSSR count). The Morgan fingerprint density at radius 3 is 2.43 bits per heavy atom. The molecule has 1 fully saturated rings. The maximum absolute atomic E-state index is 12.8. The van der Waals surface area contributed by atoms with Gasteiger partial charge in [-0.3, -0.25) is 14.9 Å². The number of anilines is 1. The van der Waals surface area contributed by atoms with Crippen LogP contribution in [0, 0.1) is 17.0 Å². The minimum atomic E-state index is -0.469. The first kappa shape index (κ1) is 19.6. The molecule has 30 heavy (non-hydrogen) atoms. The maximum atomic E-state index is 12.8. The number of aryl methyl sites for hydroxylation is 1. The molecule has 2 aromatic carbocycles. The summed E-state index contributed by atoms with van der Waals surface area (Å²) in [7, 11) is 1.64. The highest BCUT2D eigenvalue weighted by molar-refractivity contribution is 5.96. The number of piperazine rings is 1. The number of ether oxygens (including phenoxy) is 1. The average Bonchev–Trinajstić information content (AvgIpc) is 2.77. The number of para-hydroxylation sites is 1. The van der Waals surface area contributed by atoms with Gasteiger partial charge in [-0.05, 0) is 31.2 Å². The van der Waals surface area contributed by atoms with Crippen LogP contribution in [0.4, 0.5) is 11.4 Å². The van der Waals surface area contributed by atoms with Gasteiger partial charge in [0.1, 0.15) is 11.3 Å². The summed E-state index contributed by atoms with van der Waals surface area (Å²) in [6.07, 6.45) is 0. The standard InChI is InChI=1S/C22H22N4O4/c1-15-14-19(18-4-3-5-20(30-2)21(18)23-15)24-10-12-25(13-11-24)22(27)16-6-8-17(9-7-16)26(28)29/h3-9,14H,10-13H2,1-2H3. The van der Waals surface area contributed by atoms with Crippen LogP contribution in [0.3, 0.4) is 0 Å². The van der Waals surface area contributed by atoms with Crippen molar-refractivity contribution in [2.24, 2.45) is 0 Å². The van der Waals surface area contributed by atoms with Gasteiger partial charge in [-0.1, -0.05) is 12.1 Å². The van der Waals surface area contributed by atoms with Gasteiger partial charge in [0.15, 0.2) is 0 Å². The van der Waals surface area contributed by atoms with Crippen molar-refractivity contribution in [2.45, 2.75) is 6.92 Å². The number of nitrogens with zero attached hydrogens (tertiary/aromatic N) is 4. The molecule has 0 aliphatic carbocycles. The number of nitro groups is 1. The fourth-order valence-corrected chi connectivity index (χ4v) is 3.81. The lowest BCUT2D eigenvalue weighted by Crippen LogP contribution is -2.48.